The van der Waals surface area contributed by atoms with Crippen LogP contribution in [0.5, 0.6) is 5.75 Å². The van der Waals surface area contributed by atoms with Crippen LogP contribution in [0.2, 0.25) is 5.02 Å². The van der Waals surface area contributed by atoms with E-state index in [9.17, 15) is 9.59 Å². The Morgan fingerprint density at radius 3 is 2.96 bits per heavy atom. The molecule has 2 aromatic rings. The van der Waals surface area contributed by atoms with Crippen LogP contribution in [0.15, 0.2) is 41.0 Å². The Morgan fingerprint density at radius 1 is 1.39 bits per heavy atom. The number of rotatable bonds is 4. The number of carbonyl (C=O) groups excluding carboxylic acids is 2. The smallest absolute Gasteiger partial charge is 0.278 e. The minimum atomic E-state index is -1.63. The summed E-state index contributed by atoms with van der Waals surface area (Å²) in [6, 6.07) is 8.41. The van der Waals surface area contributed by atoms with Crippen LogP contribution < -0.4 is 15.4 Å². The van der Waals surface area contributed by atoms with Crippen LogP contribution in [0.1, 0.15) is 12.7 Å². The predicted molar refractivity (Wildman–Crippen MR) is 84.5 cm³/mol. The average molecular weight is 335 g/mol. The lowest BCUT2D eigenvalue weighted by atomic mass is 10.0. The van der Waals surface area contributed by atoms with Crippen LogP contribution in [0, 0.1) is 0 Å². The molecule has 3 rings (SSSR count). The van der Waals surface area contributed by atoms with Gasteiger partial charge in [0.05, 0.1) is 12.0 Å². The highest BCUT2D eigenvalue weighted by Gasteiger charge is 2.47. The Balaban J connectivity index is 1.69. The maximum atomic E-state index is 12.4. The highest BCUT2D eigenvalue weighted by molar-refractivity contribution is 6.31. The Kier molecular flexibility index (Phi) is 4.00. The number of nitrogens with one attached hydrogen (secondary N) is 2. The lowest BCUT2D eigenvalue weighted by Gasteiger charge is -2.33. The molecule has 1 aliphatic heterocycles. The normalized spacial score (nSPS) is 19.5. The molecular weight excluding hydrogens is 320 g/mol. The molecule has 120 valence electrons. The highest BCUT2D eigenvalue weighted by atomic mass is 35.5. The first-order valence-electron chi connectivity index (χ1n) is 7.10. The minimum absolute atomic E-state index is 0.339. The van der Waals surface area contributed by atoms with Crippen molar-refractivity contribution in [1.29, 1.82) is 0 Å². The summed E-state index contributed by atoms with van der Waals surface area (Å²) in [6.07, 6.45) is 2.10. The second kappa shape index (κ2) is 5.96. The number of carbonyl (C=O) groups is 2. The monoisotopic (exact) mass is 334 g/mol. The zero-order chi connectivity index (χ0) is 16.4. The third kappa shape index (κ3) is 3.03. The molecule has 0 fully saturated rings. The lowest BCUT2D eigenvalue weighted by Crippen LogP contribution is -2.58. The number of halogens is 1. The van der Waals surface area contributed by atoms with Crippen LogP contribution in [-0.4, -0.2) is 24.0 Å². The predicted octanol–water partition coefficient (Wildman–Crippen LogP) is 2.38. The molecule has 0 bridgehead atoms. The summed E-state index contributed by atoms with van der Waals surface area (Å²) < 4.78 is 10.8. The third-order valence-corrected chi connectivity index (χ3v) is 3.84. The zero-order valence-corrected chi connectivity index (χ0v) is 13.1. The fourth-order valence-corrected chi connectivity index (χ4v) is 2.44. The van der Waals surface area contributed by atoms with E-state index in [4.69, 9.17) is 20.8 Å². The van der Waals surface area contributed by atoms with Crippen molar-refractivity contribution in [2.24, 2.45) is 0 Å². The van der Waals surface area contributed by atoms with Gasteiger partial charge in [-0.15, -0.1) is 0 Å². The third-order valence-electron chi connectivity index (χ3n) is 3.61. The Bertz CT molecular complexity index is 745. The van der Waals surface area contributed by atoms with Crippen LogP contribution >= 0.6 is 11.6 Å². The van der Waals surface area contributed by atoms with E-state index in [-0.39, 0.29) is 0 Å². The van der Waals surface area contributed by atoms with Crippen LogP contribution in [0.3, 0.4) is 0 Å². The van der Waals surface area contributed by atoms with Crippen LogP contribution in [0.25, 0.3) is 0 Å². The van der Waals surface area contributed by atoms with Gasteiger partial charge in [-0.05, 0) is 37.3 Å². The molecule has 1 aliphatic rings. The molecule has 0 saturated heterocycles. The van der Waals surface area contributed by atoms with Gasteiger partial charge in [0.1, 0.15) is 11.5 Å². The summed E-state index contributed by atoms with van der Waals surface area (Å²) in [5, 5.41) is 5.81. The summed E-state index contributed by atoms with van der Waals surface area (Å²) in [5.41, 5.74) is -1.19. The van der Waals surface area contributed by atoms with E-state index in [1.807, 2.05) is 6.07 Å². The fourth-order valence-electron chi connectivity index (χ4n) is 2.27. The molecule has 0 saturated carbocycles. The van der Waals surface area contributed by atoms with Gasteiger partial charge in [-0.3, -0.25) is 9.59 Å². The van der Waals surface area contributed by atoms with Crippen molar-refractivity contribution in [1.82, 2.24) is 5.32 Å². The van der Waals surface area contributed by atoms with E-state index < -0.39 is 17.4 Å². The number of furan rings is 1. The average Bonchev–Trinajstić information content (AvgIpc) is 3.02. The van der Waals surface area contributed by atoms with E-state index >= 15 is 0 Å². The standard InChI is InChI=1S/C16H15ClN2O4/c1-16(14(20)18-7-6-11-3-2-8-22-11)15(21)19-12-9-10(17)4-5-13(12)23-16/h2-5,8-9H,6-7H2,1H3,(H,18,20)(H,19,21)/t16-/m1/s1. The molecule has 2 heterocycles. The minimum Gasteiger partial charge on any atom is -0.469 e. The number of anilines is 1. The van der Waals surface area contributed by atoms with Crippen molar-refractivity contribution >= 4 is 29.1 Å². The summed E-state index contributed by atoms with van der Waals surface area (Å²) in [6.45, 7) is 1.77. The number of hydrogen-bond acceptors (Lipinski definition) is 4. The Hall–Kier alpha value is -2.47. The number of hydrogen-bond donors (Lipinski definition) is 2. The molecule has 1 aromatic carbocycles. The highest BCUT2D eigenvalue weighted by Crippen LogP contribution is 2.35. The molecule has 1 aromatic heterocycles. The van der Waals surface area contributed by atoms with Crippen molar-refractivity contribution < 1.29 is 18.7 Å². The molecule has 2 N–H and O–H groups in total. The van der Waals surface area contributed by atoms with Gasteiger partial charge >= 0.3 is 0 Å². The van der Waals surface area contributed by atoms with E-state index in [0.717, 1.165) is 5.76 Å². The van der Waals surface area contributed by atoms with Crippen LogP contribution in [0.4, 0.5) is 5.69 Å². The summed E-state index contributed by atoms with van der Waals surface area (Å²) in [4.78, 5) is 24.6. The topological polar surface area (TPSA) is 80.6 Å². The maximum absolute atomic E-state index is 12.4. The van der Waals surface area contributed by atoms with E-state index in [2.05, 4.69) is 10.6 Å². The molecule has 0 spiro atoms. The Morgan fingerprint density at radius 2 is 2.22 bits per heavy atom. The number of amides is 2. The van der Waals surface area contributed by atoms with Crippen LogP contribution in [-0.2, 0) is 16.0 Å². The first-order chi connectivity index (χ1) is 11.0. The number of benzene rings is 1. The molecule has 0 radical (unpaired) electrons. The molecule has 6 nitrogen and oxygen atoms in total. The Labute approximate surface area is 137 Å². The molecule has 0 unspecified atom stereocenters. The van der Waals surface area contributed by atoms with Gasteiger partial charge < -0.3 is 19.8 Å². The molecule has 2 amide bonds. The largest absolute Gasteiger partial charge is 0.469 e. The van der Waals surface area contributed by atoms with Crippen molar-refractivity contribution in [2.75, 3.05) is 11.9 Å². The van der Waals surface area contributed by atoms with Gasteiger partial charge in [0.25, 0.3) is 17.4 Å². The van der Waals surface area contributed by atoms with Gasteiger partial charge in [-0.25, -0.2) is 0 Å². The maximum Gasteiger partial charge on any atom is 0.278 e. The first kappa shape index (κ1) is 15.4. The SMILES string of the molecule is C[C@]1(C(=O)NCCc2ccco2)Oc2ccc(Cl)cc2NC1=O. The second-order valence-electron chi connectivity index (χ2n) is 5.32. The van der Waals surface area contributed by atoms with Gasteiger partial charge in [0.15, 0.2) is 0 Å². The molecular formula is C16H15ClN2O4. The van der Waals surface area contributed by atoms with Crippen molar-refractivity contribution in [3.8, 4) is 5.75 Å². The number of fused-ring (bicyclic) bond motifs is 1. The second-order valence-corrected chi connectivity index (χ2v) is 5.75. The molecule has 0 aliphatic carbocycles. The lowest BCUT2D eigenvalue weighted by molar-refractivity contribution is -0.146. The van der Waals surface area contributed by atoms with E-state index in [1.54, 1.807) is 30.5 Å². The summed E-state index contributed by atoms with van der Waals surface area (Å²) >= 11 is 5.88. The summed E-state index contributed by atoms with van der Waals surface area (Å²) in [7, 11) is 0. The summed E-state index contributed by atoms with van der Waals surface area (Å²) in [5.74, 6) is 0.104. The van der Waals surface area contributed by atoms with E-state index in [0.29, 0.717) is 29.4 Å². The van der Waals surface area contributed by atoms with Crippen molar-refractivity contribution in [2.45, 2.75) is 18.9 Å². The van der Waals surface area contributed by atoms with E-state index in [1.165, 1.54) is 6.92 Å². The van der Waals surface area contributed by atoms with Gasteiger partial charge in [-0.2, -0.15) is 0 Å². The first-order valence-corrected chi connectivity index (χ1v) is 7.47. The van der Waals surface area contributed by atoms with Crippen molar-refractivity contribution in [3.05, 3.63) is 47.4 Å². The van der Waals surface area contributed by atoms with Gasteiger partial charge in [0, 0.05) is 18.0 Å². The number of ether oxygens (including phenoxy) is 1. The quantitative estimate of drug-likeness (QED) is 0.841. The van der Waals surface area contributed by atoms with Gasteiger partial charge in [0.2, 0.25) is 0 Å². The van der Waals surface area contributed by atoms with Crippen molar-refractivity contribution in [3.63, 3.8) is 0 Å². The molecule has 7 heteroatoms. The molecule has 23 heavy (non-hydrogen) atoms. The molecule has 1 atom stereocenters. The fraction of sp³-hybridized carbons (Fsp3) is 0.250. The zero-order valence-electron chi connectivity index (χ0n) is 12.4. The van der Waals surface area contributed by atoms with Gasteiger partial charge in [-0.1, -0.05) is 11.6 Å².